The van der Waals surface area contributed by atoms with Gasteiger partial charge in [-0.1, -0.05) is 37.3 Å². The third-order valence-electron chi connectivity index (χ3n) is 5.66. The molecule has 3 aromatic rings. The molecule has 1 heterocycles. The van der Waals surface area contributed by atoms with Crippen LogP contribution in [0.15, 0.2) is 54.7 Å². The lowest BCUT2D eigenvalue weighted by atomic mass is 10.1. The molecule has 0 unspecified atom stereocenters. The number of carbonyl (C=O) groups is 3. The fourth-order valence-corrected chi connectivity index (χ4v) is 3.79. The molecule has 9 nitrogen and oxygen atoms in total. The van der Waals surface area contributed by atoms with Crippen molar-refractivity contribution in [1.29, 1.82) is 0 Å². The van der Waals surface area contributed by atoms with Gasteiger partial charge in [0.15, 0.2) is 0 Å². The molecular formula is C30H38N4O5. The van der Waals surface area contributed by atoms with Crippen LogP contribution in [0.2, 0.25) is 0 Å². The number of aromatic nitrogens is 1. The van der Waals surface area contributed by atoms with Crippen LogP contribution in [0.4, 0.5) is 16.2 Å². The zero-order chi connectivity index (χ0) is 28.3. The average Bonchev–Trinajstić information content (AvgIpc) is 2.89. The molecule has 0 saturated heterocycles. The Labute approximate surface area is 229 Å². The van der Waals surface area contributed by atoms with Gasteiger partial charge in [0.2, 0.25) is 0 Å². The first-order chi connectivity index (χ1) is 18.7. The average molecular weight is 535 g/mol. The van der Waals surface area contributed by atoms with Crippen LogP contribution in [-0.4, -0.2) is 41.6 Å². The van der Waals surface area contributed by atoms with Gasteiger partial charge in [0.1, 0.15) is 12.2 Å². The van der Waals surface area contributed by atoms with E-state index in [0.717, 1.165) is 35.7 Å². The van der Waals surface area contributed by atoms with Gasteiger partial charge in [-0.2, -0.15) is 0 Å². The van der Waals surface area contributed by atoms with Crippen molar-refractivity contribution >= 4 is 40.2 Å². The minimum atomic E-state index is -0.532. The van der Waals surface area contributed by atoms with Crippen LogP contribution in [0.25, 0.3) is 10.9 Å². The fraction of sp³-hybridized carbons (Fsp3) is 0.400. The number of alkyl carbamates (subject to hydrolysis) is 1. The SMILES string of the molecule is CCCC(=O)OCc1ccc(NC(=O)c2cnc3ccccc3c2NCCCCNC(=O)OC(C)(C)C)cc1. The number of hydrogen-bond acceptors (Lipinski definition) is 7. The molecule has 0 spiro atoms. The van der Waals surface area contributed by atoms with Crippen molar-refractivity contribution in [2.75, 3.05) is 23.7 Å². The first kappa shape index (κ1) is 29.4. The molecule has 0 atom stereocenters. The van der Waals surface area contributed by atoms with Crippen LogP contribution < -0.4 is 16.0 Å². The van der Waals surface area contributed by atoms with Crippen molar-refractivity contribution in [2.24, 2.45) is 0 Å². The van der Waals surface area contributed by atoms with E-state index in [1.165, 1.54) is 0 Å². The van der Waals surface area contributed by atoms with Gasteiger partial charge in [-0.15, -0.1) is 0 Å². The molecule has 0 fully saturated rings. The van der Waals surface area contributed by atoms with Crippen molar-refractivity contribution in [3.8, 4) is 0 Å². The number of hydrogen-bond donors (Lipinski definition) is 3. The molecule has 39 heavy (non-hydrogen) atoms. The molecule has 2 aromatic carbocycles. The number of unbranched alkanes of at least 4 members (excludes halogenated alkanes) is 1. The van der Waals surface area contributed by atoms with E-state index in [2.05, 4.69) is 20.9 Å². The minimum absolute atomic E-state index is 0.197. The van der Waals surface area contributed by atoms with Gasteiger partial charge >= 0.3 is 12.1 Å². The van der Waals surface area contributed by atoms with Crippen LogP contribution in [0.5, 0.6) is 0 Å². The number of nitrogens with zero attached hydrogens (tertiary/aromatic N) is 1. The topological polar surface area (TPSA) is 119 Å². The Morgan fingerprint density at radius 3 is 2.38 bits per heavy atom. The number of nitrogens with one attached hydrogen (secondary N) is 3. The molecule has 3 N–H and O–H groups in total. The maximum atomic E-state index is 13.3. The van der Waals surface area contributed by atoms with Gasteiger partial charge in [0.05, 0.1) is 16.8 Å². The summed E-state index contributed by atoms with van der Waals surface area (Å²) in [6, 6.07) is 14.8. The number of esters is 1. The van der Waals surface area contributed by atoms with E-state index in [1.807, 2.05) is 64.1 Å². The first-order valence-corrected chi connectivity index (χ1v) is 13.3. The first-order valence-electron chi connectivity index (χ1n) is 13.3. The second kappa shape index (κ2) is 14.1. The van der Waals surface area contributed by atoms with E-state index < -0.39 is 11.7 Å². The van der Waals surface area contributed by atoms with Gasteiger partial charge in [0, 0.05) is 36.8 Å². The number of fused-ring (bicyclic) bond motifs is 1. The zero-order valence-electron chi connectivity index (χ0n) is 23.1. The lowest BCUT2D eigenvalue weighted by Crippen LogP contribution is -2.33. The predicted octanol–water partition coefficient (Wildman–Crippen LogP) is 6.05. The highest BCUT2D eigenvalue weighted by molar-refractivity contribution is 6.12. The molecule has 3 rings (SSSR count). The zero-order valence-corrected chi connectivity index (χ0v) is 23.1. The standard InChI is InChI=1S/C30H38N4O5/c1-5-10-26(35)38-20-21-13-15-22(16-14-21)34-28(36)24-19-33-25-12-7-6-11-23(25)27(24)31-17-8-9-18-32-29(37)39-30(2,3)4/h6-7,11-16,19H,5,8-10,17-18,20H2,1-4H3,(H,31,33)(H,32,37)(H,34,36). The normalized spacial score (nSPS) is 11.1. The van der Waals surface area contributed by atoms with E-state index in [-0.39, 0.29) is 18.5 Å². The Morgan fingerprint density at radius 1 is 0.949 bits per heavy atom. The Bertz CT molecular complexity index is 1270. The molecule has 0 aliphatic heterocycles. The van der Waals surface area contributed by atoms with Crippen molar-refractivity contribution in [2.45, 2.75) is 65.6 Å². The molecule has 9 heteroatoms. The van der Waals surface area contributed by atoms with E-state index >= 15 is 0 Å². The third kappa shape index (κ3) is 9.59. The fourth-order valence-electron chi connectivity index (χ4n) is 3.79. The summed E-state index contributed by atoms with van der Waals surface area (Å²) in [5.74, 6) is -0.512. The van der Waals surface area contributed by atoms with Gasteiger partial charge in [0.25, 0.3) is 5.91 Å². The maximum absolute atomic E-state index is 13.3. The highest BCUT2D eigenvalue weighted by Crippen LogP contribution is 2.27. The Morgan fingerprint density at radius 2 is 1.67 bits per heavy atom. The van der Waals surface area contributed by atoms with Crippen LogP contribution in [0, 0.1) is 0 Å². The van der Waals surface area contributed by atoms with Gasteiger partial charge in [-0.05, 0) is 63.8 Å². The number of para-hydroxylation sites is 1. The Hall–Kier alpha value is -4.14. The summed E-state index contributed by atoms with van der Waals surface area (Å²) in [7, 11) is 0. The van der Waals surface area contributed by atoms with E-state index in [0.29, 0.717) is 36.4 Å². The number of pyridine rings is 1. The van der Waals surface area contributed by atoms with Crippen molar-refractivity contribution in [1.82, 2.24) is 10.3 Å². The molecule has 0 aliphatic carbocycles. The number of amides is 2. The quantitative estimate of drug-likeness (QED) is 0.191. The Kier molecular flexibility index (Phi) is 10.7. The number of rotatable bonds is 12. The molecule has 0 aliphatic rings. The van der Waals surface area contributed by atoms with Crippen molar-refractivity contribution in [3.05, 3.63) is 65.9 Å². The third-order valence-corrected chi connectivity index (χ3v) is 5.66. The number of carbonyl (C=O) groups excluding carboxylic acids is 3. The molecule has 2 amide bonds. The summed E-state index contributed by atoms with van der Waals surface area (Å²) in [6.45, 7) is 8.70. The lowest BCUT2D eigenvalue weighted by molar-refractivity contribution is -0.145. The maximum Gasteiger partial charge on any atom is 0.407 e. The second-order valence-electron chi connectivity index (χ2n) is 10.2. The number of anilines is 2. The van der Waals surface area contributed by atoms with Crippen LogP contribution in [-0.2, 0) is 20.9 Å². The summed E-state index contributed by atoms with van der Waals surface area (Å²) in [5.41, 5.74) is 2.85. The molecule has 1 aromatic heterocycles. The van der Waals surface area contributed by atoms with E-state index in [4.69, 9.17) is 9.47 Å². The van der Waals surface area contributed by atoms with Gasteiger partial charge in [-0.3, -0.25) is 14.6 Å². The number of benzene rings is 2. The summed E-state index contributed by atoms with van der Waals surface area (Å²) < 4.78 is 10.5. The largest absolute Gasteiger partial charge is 0.461 e. The van der Waals surface area contributed by atoms with Crippen molar-refractivity contribution in [3.63, 3.8) is 0 Å². The number of ether oxygens (including phenoxy) is 2. The van der Waals surface area contributed by atoms with Gasteiger partial charge < -0.3 is 25.4 Å². The van der Waals surface area contributed by atoms with E-state index in [1.54, 1.807) is 18.3 Å². The highest BCUT2D eigenvalue weighted by Gasteiger charge is 2.17. The predicted molar refractivity (Wildman–Crippen MR) is 153 cm³/mol. The summed E-state index contributed by atoms with van der Waals surface area (Å²) in [4.78, 5) is 41.1. The monoisotopic (exact) mass is 534 g/mol. The summed E-state index contributed by atoms with van der Waals surface area (Å²) >= 11 is 0. The smallest absolute Gasteiger partial charge is 0.407 e. The lowest BCUT2D eigenvalue weighted by Gasteiger charge is -2.19. The summed E-state index contributed by atoms with van der Waals surface area (Å²) in [6.07, 6.45) is 3.81. The molecule has 208 valence electrons. The van der Waals surface area contributed by atoms with Crippen molar-refractivity contribution < 1.29 is 23.9 Å². The highest BCUT2D eigenvalue weighted by atomic mass is 16.6. The molecule has 0 radical (unpaired) electrons. The van der Waals surface area contributed by atoms with Crippen LogP contribution >= 0.6 is 0 Å². The van der Waals surface area contributed by atoms with Crippen LogP contribution in [0.3, 0.4) is 0 Å². The molecular weight excluding hydrogens is 496 g/mol. The Balaban J connectivity index is 1.60. The van der Waals surface area contributed by atoms with Crippen LogP contribution in [0.1, 0.15) is 69.3 Å². The summed E-state index contributed by atoms with van der Waals surface area (Å²) in [5, 5.41) is 9.94. The second-order valence-corrected chi connectivity index (χ2v) is 10.2. The van der Waals surface area contributed by atoms with E-state index in [9.17, 15) is 14.4 Å². The molecule has 0 saturated carbocycles. The minimum Gasteiger partial charge on any atom is -0.461 e. The van der Waals surface area contributed by atoms with Gasteiger partial charge in [-0.25, -0.2) is 4.79 Å². The molecule has 0 bridgehead atoms.